The summed E-state index contributed by atoms with van der Waals surface area (Å²) in [7, 11) is 0. The van der Waals surface area contributed by atoms with Crippen LogP contribution in [0.2, 0.25) is 0 Å². The van der Waals surface area contributed by atoms with Crippen LogP contribution in [0.15, 0.2) is 16.7 Å². The Morgan fingerprint density at radius 1 is 1.43 bits per heavy atom. The van der Waals surface area contributed by atoms with E-state index in [1.54, 1.807) is 27.0 Å². The van der Waals surface area contributed by atoms with Gasteiger partial charge in [-0.05, 0) is 49.2 Å². The fraction of sp³-hybridized carbons (Fsp3) is 0.562. The normalized spacial score (nSPS) is 24.0. The van der Waals surface area contributed by atoms with Gasteiger partial charge in [0.15, 0.2) is 0 Å². The number of fused-ring (bicyclic) bond motifs is 3. The average molecular weight is 383 g/mol. The Morgan fingerprint density at radius 2 is 2.17 bits per heavy atom. The Kier molecular flexibility index (Phi) is 4.18. The lowest BCUT2D eigenvalue weighted by molar-refractivity contribution is -0.127. The molecular formula is C16H19BrN2O4. The van der Waals surface area contributed by atoms with Crippen LogP contribution in [-0.2, 0) is 14.3 Å². The molecule has 2 unspecified atom stereocenters. The van der Waals surface area contributed by atoms with Crippen LogP contribution in [0.4, 0.5) is 10.6 Å². The van der Waals surface area contributed by atoms with Gasteiger partial charge in [0.2, 0.25) is 5.91 Å². The van der Waals surface area contributed by atoms with E-state index < -0.39 is 11.7 Å². The van der Waals surface area contributed by atoms with Crippen LogP contribution in [-0.4, -0.2) is 35.8 Å². The molecule has 1 aromatic rings. The van der Waals surface area contributed by atoms with Gasteiger partial charge in [0.25, 0.3) is 0 Å². The van der Waals surface area contributed by atoms with Crippen molar-refractivity contribution in [2.75, 3.05) is 18.1 Å². The smallest absolute Gasteiger partial charge is 0.423 e. The highest BCUT2D eigenvalue weighted by Gasteiger charge is 2.46. The summed E-state index contributed by atoms with van der Waals surface area (Å²) in [5, 5.41) is 0. The number of imide groups is 1. The molecule has 3 rings (SSSR count). The van der Waals surface area contributed by atoms with Crippen molar-refractivity contribution in [1.29, 1.82) is 0 Å². The Hall–Kier alpha value is -1.47. The predicted molar refractivity (Wildman–Crippen MR) is 87.3 cm³/mol. The van der Waals surface area contributed by atoms with Crippen molar-refractivity contribution in [2.24, 2.45) is 5.92 Å². The molecule has 124 valence electrons. The van der Waals surface area contributed by atoms with Crippen LogP contribution >= 0.6 is 15.9 Å². The van der Waals surface area contributed by atoms with Gasteiger partial charge in [0.05, 0.1) is 12.5 Å². The first kappa shape index (κ1) is 16.4. The molecule has 7 heteroatoms. The number of hydrogen-bond donors (Lipinski definition) is 0. The third-order valence-corrected chi connectivity index (χ3v) is 4.38. The average Bonchev–Trinajstić information content (AvgIpc) is 2.46. The molecule has 0 radical (unpaired) electrons. The molecule has 2 aliphatic rings. The second-order valence-corrected chi connectivity index (χ2v) is 7.71. The van der Waals surface area contributed by atoms with E-state index in [4.69, 9.17) is 9.47 Å². The summed E-state index contributed by atoms with van der Waals surface area (Å²) in [6, 6.07) is 1.93. The summed E-state index contributed by atoms with van der Waals surface area (Å²) in [5.74, 6) is -0.281. The van der Waals surface area contributed by atoms with Crippen LogP contribution in [0.5, 0.6) is 0 Å². The number of nitrogens with zero attached hydrogens (tertiary/aromatic N) is 2. The minimum absolute atomic E-state index is 0.0231. The van der Waals surface area contributed by atoms with Crippen molar-refractivity contribution in [3.05, 3.63) is 22.3 Å². The largest absolute Gasteiger partial charge is 0.443 e. The summed E-state index contributed by atoms with van der Waals surface area (Å²) < 4.78 is 11.7. The lowest BCUT2D eigenvalue weighted by Gasteiger charge is -2.40. The Balaban J connectivity index is 2.05. The monoisotopic (exact) mass is 382 g/mol. The number of anilines is 1. The van der Waals surface area contributed by atoms with Gasteiger partial charge in [0, 0.05) is 28.8 Å². The van der Waals surface area contributed by atoms with E-state index in [0.29, 0.717) is 19.0 Å². The first-order valence-electron chi connectivity index (χ1n) is 7.58. The van der Waals surface area contributed by atoms with Crippen LogP contribution in [0.1, 0.15) is 38.7 Å². The fourth-order valence-corrected chi connectivity index (χ4v) is 3.36. The molecule has 0 saturated carbocycles. The zero-order valence-electron chi connectivity index (χ0n) is 13.3. The van der Waals surface area contributed by atoms with Gasteiger partial charge in [-0.3, -0.25) is 4.79 Å². The number of amides is 2. The first-order chi connectivity index (χ1) is 10.8. The van der Waals surface area contributed by atoms with Crippen molar-refractivity contribution in [3.63, 3.8) is 0 Å². The Morgan fingerprint density at radius 3 is 2.87 bits per heavy atom. The summed E-state index contributed by atoms with van der Waals surface area (Å²) in [6.45, 7) is 6.22. The van der Waals surface area contributed by atoms with E-state index in [1.807, 2.05) is 6.07 Å². The number of rotatable bonds is 0. The van der Waals surface area contributed by atoms with Crippen molar-refractivity contribution in [1.82, 2.24) is 4.98 Å². The number of carbonyl (C=O) groups is 2. The van der Waals surface area contributed by atoms with Gasteiger partial charge in [-0.15, -0.1) is 0 Å². The number of aromatic nitrogens is 1. The summed E-state index contributed by atoms with van der Waals surface area (Å²) in [5.41, 5.74) is 0.199. The topological polar surface area (TPSA) is 68.7 Å². The number of hydrogen-bond acceptors (Lipinski definition) is 5. The second-order valence-electron chi connectivity index (χ2n) is 6.80. The molecule has 0 bridgehead atoms. The van der Waals surface area contributed by atoms with Crippen LogP contribution in [0, 0.1) is 5.92 Å². The molecule has 1 fully saturated rings. The summed E-state index contributed by atoms with van der Waals surface area (Å²) >= 11 is 3.41. The first-order valence-corrected chi connectivity index (χ1v) is 8.37. The third-order valence-electron chi connectivity index (χ3n) is 3.94. The van der Waals surface area contributed by atoms with Gasteiger partial charge < -0.3 is 9.47 Å². The maximum atomic E-state index is 12.8. The highest BCUT2D eigenvalue weighted by atomic mass is 79.9. The Bertz CT molecular complexity index is 656. The van der Waals surface area contributed by atoms with Gasteiger partial charge >= 0.3 is 6.09 Å². The minimum atomic E-state index is -0.692. The third kappa shape index (κ3) is 3.12. The minimum Gasteiger partial charge on any atom is -0.443 e. The van der Waals surface area contributed by atoms with E-state index in [2.05, 4.69) is 20.9 Å². The second kappa shape index (κ2) is 5.87. The Labute approximate surface area is 143 Å². The predicted octanol–water partition coefficient (Wildman–Crippen LogP) is 3.25. The standard InChI is InChI=1S/C16H19BrN2O4/c1-16(2,3)23-15(21)19-13-11(6-9(17)7-18-13)10-4-5-22-8-12(10)14(19)20/h6-7,10,12H,4-5,8H2,1-3H3. The molecule has 0 spiro atoms. The van der Waals surface area contributed by atoms with Crippen molar-refractivity contribution in [3.8, 4) is 0 Å². The molecule has 1 saturated heterocycles. The van der Waals surface area contributed by atoms with E-state index >= 15 is 0 Å². The summed E-state index contributed by atoms with van der Waals surface area (Å²) in [6.07, 6.45) is 1.63. The van der Waals surface area contributed by atoms with E-state index in [1.165, 1.54) is 0 Å². The molecule has 3 heterocycles. The molecule has 6 nitrogen and oxygen atoms in total. The molecule has 2 atom stereocenters. The van der Waals surface area contributed by atoms with Gasteiger partial charge in [0.1, 0.15) is 11.4 Å². The lowest BCUT2D eigenvalue weighted by Crippen LogP contribution is -2.51. The van der Waals surface area contributed by atoms with Gasteiger partial charge in [-0.2, -0.15) is 4.90 Å². The SMILES string of the molecule is CC(C)(C)OC(=O)N1C(=O)C2COCCC2c2cc(Br)cnc21. The van der Waals surface area contributed by atoms with Crippen molar-refractivity contribution in [2.45, 2.75) is 38.7 Å². The van der Waals surface area contributed by atoms with Crippen molar-refractivity contribution >= 4 is 33.7 Å². The lowest BCUT2D eigenvalue weighted by atomic mass is 9.79. The van der Waals surface area contributed by atoms with Crippen molar-refractivity contribution < 1.29 is 19.1 Å². The summed E-state index contributed by atoms with van der Waals surface area (Å²) in [4.78, 5) is 30.7. The van der Waals surface area contributed by atoms with Gasteiger partial charge in [-0.25, -0.2) is 9.78 Å². The molecular weight excluding hydrogens is 364 g/mol. The zero-order valence-corrected chi connectivity index (χ0v) is 14.9. The quantitative estimate of drug-likeness (QED) is 0.688. The molecule has 2 amide bonds. The van der Waals surface area contributed by atoms with Crippen LogP contribution in [0.25, 0.3) is 0 Å². The maximum absolute atomic E-state index is 12.8. The fourth-order valence-electron chi connectivity index (χ4n) is 3.02. The van der Waals surface area contributed by atoms with E-state index in [-0.39, 0.29) is 17.7 Å². The number of halogens is 1. The van der Waals surface area contributed by atoms with Gasteiger partial charge in [-0.1, -0.05) is 0 Å². The number of ether oxygens (including phenoxy) is 2. The van der Waals surface area contributed by atoms with Crippen LogP contribution in [0.3, 0.4) is 0 Å². The van der Waals surface area contributed by atoms with Crippen LogP contribution < -0.4 is 4.90 Å². The zero-order chi connectivity index (χ0) is 16.8. The number of carbonyl (C=O) groups excluding carboxylic acids is 2. The van der Waals surface area contributed by atoms with E-state index in [0.717, 1.165) is 21.4 Å². The van der Waals surface area contributed by atoms with E-state index in [9.17, 15) is 9.59 Å². The molecule has 2 aliphatic heterocycles. The maximum Gasteiger partial charge on any atom is 0.423 e. The highest BCUT2D eigenvalue weighted by Crippen LogP contribution is 2.43. The molecule has 0 aliphatic carbocycles. The molecule has 0 N–H and O–H groups in total. The highest BCUT2D eigenvalue weighted by molar-refractivity contribution is 9.10. The molecule has 1 aromatic heterocycles. The number of pyridine rings is 1. The molecule has 0 aromatic carbocycles. The molecule has 23 heavy (non-hydrogen) atoms.